The number of hydrogen-bond acceptors (Lipinski definition) is 6. The van der Waals surface area contributed by atoms with Crippen LogP contribution in [0.2, 0.25) is 5.02 Å². The van der Waals surface area contributed by atoms with Crippen molar-refractivity contribution in [1.82, 2.24) is 29.8 Å². The number of pyridine rings is 1. The summed E-state index contributed by atoms with van der Waals surface area (Å²) in [6.07, 6.45) is 6.42. The van der Waals surface area contributed by atoms with Crippen molar-refractivity contribution in [2.24, 2.45) is 5.92 Å². The molecule has 9 heteroatoms. The maximum absolute atomic E-state index is 13.7. The van der Waals surface area contributed by atoms with E-state index in [1.54, 1.807) is 42.2 Å². The summed E-state index contributed by atoms with van der Waals surface area (Å²) < 4.78 is 1.64. The first-order valence-corrected chi connectivity index (χ1v) is 11.5. The molecule has 1 aliphatic heterocycles. The Labute approximate surface area is 201 Å². The molecule has 1 amide bonds. The first-order chi connectivity index (χ1) is 16.4. The Hall–Kier alpha value is -3.65. The van der Waals surface area contributed by atoms with E-state index in [-0.39, 0.29) is 17.4 Å². The van der Waals surface area contributed by atoms with Crippen LogP contribution in [-0.2, 0) is 11.3 Å². The van der Waals surface area contributed by atoms with Gasteiger partial charge in [0.05, 0.1) is 17.6 Å². The van der Waals surface area contributed by atoms with Crippen LogP contribution >= 0.6 is 11.6 Å². The van der Waals surface area contributed by atoms with Gasteiger partial charge in [0, 0.05) is 58.5 Å². The molecule has 0 radical (unpaired) electrons. The SMILES string of the molecule is Cc1cncc(-c2ccc(-c3cc4cnc(C)nc4n(CCC4CCNC4=O)c3=O)c(Cl)c2)n1. The molecular weight excluding hydrogens is 452 g/mol. The first kappa shape index (κ1) is 22.2. The monoisotopic (exact) mass is 474 g/mol. The van der Waals surface area contributed by atoms with Gasteiger partial charge in [0.1, 0.15) is 11.5 Å². The van der Waals surface area contributed by atoms with Gasteiger partial charge in [0.15, 0.2) is 0 Å². The van der Waals surface area contributed by atoms with Gasteiger partial charge in [-0.25, -0.2) is 15.0 Å². The Morgan fingerprint density at radius 3 is 2.68 bits per heavy atom. The highest BCUT2D eigenvalue weighted by Gasteiger charge is 2.24. The van der Waals surface area contributed by atoms with E-state index in [1.165, 1.54) is 0 Å². The highest BCUT2D eigenvalue weighted by atomic mass is 35.5. The topological polar surface area (TPSA) is 103 Å². The number of aromatic nitrogens is 5. The third-order valence-electron chi connectivity index (χ3n) is 6.12. The number of nitrogens with one attached hydrogen (secondary N) is 1. The summed E-state index contributed by atoms with van der Waals surface area (Å²) in [7, 11) is 0. The highest BCUT2D eigenvalue weighted by molar-refractivity contribution is 6.33. The summed E-state index contributed by atoms with van der Waals surface area (Å²) >= 11 is 6.67. The molecule has 1 atom stereocenters. The fourth-order valence-electron chi connectivity index (χ4n) is 4.35. The minimum absolute atomic E-state index is 0.0391. The van der Waals surface area contributed by atoms with E-state index >= 15 is 0 Å². The number of hydrogen-bond donors (Lipinski definition) is 1. The third kappa shape index (κ3) is 4.17. The van der Waals surface area contributed by atoms with Crippen molar-refractivity contribution in [3.63, 3.8) is 0 Å². The van der Waals surface area contributed by atoms with E-state index in [0.717, 1.165) is 23.1 Å². The van der Waals surface area contributed by atoms with Crippen molar-refractivity contribution in [2.45, 2.75) is 33.2 Å². The molecule has 172 valence electrons. The second-order valence-corrected chi connectivity index (χ2v) is 8.92. The molecule has 5 rings (SSSR count). The fraction of sp³-hybridized carbons (Fsp3) is 0.280. The molecular formula is C25H23ClN6O2. The van der Waals surface area contributed by atoms with Crippen LogP contribution in [0.5, 0.6) is 0 Å². The number of halogens is 1. The number of aryl methyl sites for hydroxylation is 3. The van der Waals surface area contributed by atoms with Crippen LogP contribution in [0.25, 0.3) is 33.4 Å². The van der Waals surface area contributed by atoms with Gasteiger partial charge in [0.25, 0.3) is 5.56 Å². The standard InChI is InChI=1S/C25H23ClN6O2/c1-14-11-27-13-22(30-14)17-3-4-19(21(26)10-17)20-9-18-12-29-15(2)31-23(18)32(25(20)34)8-6-16-5-7-28-24(16)33/h3-4,9-13,16H,5-8H2,1-2H3,(H,28,33). The van der Waals surface area contributed by atoms with E-state index in [9.17, 15) is 9.59 Å². The van der Waals surface area contributed by atoms with Crippen LogP contribution in [-0.4, -0.2) is 37.0 Å². The van der Waals surface area contributed by atoms with E-state index < -0.39 is 0 Å². The predicted octanol–water partition coefficient (Wildman–Crippen LogP) is 3.71. The van der Waals surface area contributed by atoms with Crippen LogP contribution in [0.1, 0.15) is 24.4 Å². The molecule has 1 saturated heterocycles. The second kappa shape index (κ2) is 8.95. The average Bonchev–Trinajstić information content (AvgIpc) is 3.23. The number of fused-ring (bicyclic) bond motifs is 1. The number of carbonyl (C=O) groups is 1. The van der Waals surface area contributed by atoms with Crippen LogP contribution in [0, 0.1) is 19.8 Å². The average molecular weight is 475 g/mol. The lowest BCUT2D eigenvalue weighted by molar-refractivity contribution is -0.122. The summed E-state index contributed by atoms with van der Waals surface area (Å²) in [4.78, 5) is 43.2. The molecule has 4 aromatic rings. The van der Waals surface area contributed by atoms with Gasteiger partial charge in [0.2, 0.25) is 5.91 Å². The zero-order chi connectivity index (χ0) is 23.8. The molecule has 3 aromatic heterocycles. The summed E-state index contributed by atoms with van der Waals surface area (Å²) in [5.74, 6) is 0.512. The van der Waals surface area contributed by atoms with Gasteiger partial charge < -0.3 is 5.32 Å². The normalized spacial score (nSPS) is 15.6. The Balaban J connectivity index is 1.59. The Bertz CT molecular complexity index is 1480. The lowest BCUT2D eigenvalue weighted by Crippen LogP contribution is -2.26. The third-order valence-corrected chi connectivity index (χ3v) is 6.43. The lowest BCUT2D eigenvalue weighted by atomic mass is 10.0. The number of amides is 1. The molecule has 0 saturated carbocycles. The molecule has 1 fully saturated rings. The fourth-order valence-corrected chi connectivity index (χ4v) is 4.63. The van der Waals surface area contributed by atoms with Crippen LogP contribution in [0.4, 0.5) is 0 Å². The van der Waals surface area contributed by atoms with Gasteiger partial charge in [-0.1, -0.05) is 23.7 Å². The van der Waals surface area contributed by atoms with Gasteiger partial charge in [-0.2, -0.15) is 0 Å². The van der Waals surface area contributed by atoms with E-state index in [4.69, 9.17) is 11.6 Å². The zero-order valence-corrected chi connectivity index (χ0v) is 19.6. The molecule has 0 aliphatic carbocycles. The van der Waals surface area contributed by atoms with E-state index in [1.807, 2.05) is 19.1 Å². The molecule has 4 heterocycles. The minimum Gasteiger partial charge on any atom is -0.356 e. The molecule has 1 unspecified atom stereocenters. The Morgan fingerprint density at radius 2 is 1.94 bits per heavy atom. The van der Waals surface area contributed by atoms with E-state index in [0.29, 0.717) is 52.8 Å². The maximum atomic E-state index is 13.7. The number of nitrogens with zero attached hydrogens (tertiary/aromatic N) is 5. The summed E-state index contributed by atoms with van der Waals surface area (Å²) in [6, 6.07) is 7.28. The number of carbonyl (C=O) groups excluding carboxylic acids is 1. The molecule has 34 heavy (non-hydrogen) atoms. The Kier molecular flexibility index (Phi) is 5.83. The molecule has 1 N–H and O–H groups in total. The van der Waals surface area contributed by atoms with Gasteiger partial charge in [-0.3, -0.25) is 19.1 Å². The van der Waals surface area contributed by atoms with Gasteiger partial charge in [-0.05, 0) is 38.8 Å². The first-order valence-electron chi connectivity index (χ1n) is 11.1. The van der Waals surface area contributed by atoms with Crippen molar-refractivity contribution < 1.29 is 4.79 Å². The van der Waals surface area contributed by atoms with Gasteiger partial charge in [-0.15, -0.1) is 0 Å². The van der Waals surface area contributed by atoms with E-state index in [2.05, 4.69) is 25.3 Å². The molecule has 0 bridgehead atoms. The molecule has 1 aromatic carbocycles. The number of benzene rings is 1. The summed E-state index contributed by atoms with van der Waals surface area (Å²) in [6.45, 7) is 4.72. The van der Waals surface area contributed by atoms with Crippen molar-refractivity contribution >= 4 is 28.5 Å². The molecule has 1 aliphatic rings. The van der Waals surface area contributed by atoms with Crippen molar-refractivity contribution in [3.05, 3.63) is 69.8 Å². The smallest absolute Gasteiger partial charge is 0.260 e. The second-order valence-electron chi connectivity index (χ2n) is 8.52. The predicted molar refractivity (Wildman–Crippen MR) is 130 cm³/mol. The van der Waals surface area contributed by atoms with Gasteiger partial charge >= 0.3 is 0 Å². The summed E-state index contributed by atoms with van der Waals surface area (Å²) in [5, 5.41) is 4.03. The quantitative estimate of drug-likeness (QED) is 0.473. The van der Waals surface area contributed by atoms with Crippen LogP contribution < -0.4 is 10.9 Å². The van der Waals surface area contributed by atoms with Crippen molar-refractivity contribution in [1.29, 1.82) is 0 Å². The maximum Gasteiger partial charge on any atom is 0.260 e. The van der Waals surface area contributed by atoms with Crippen LogP contribution in [0.3, 0.4) is 0 Å². The molecule has 8 nitrogen and oxygen atoms in total. The van der Waals surface area contributed by atoms with Crippen molar-refractivity contribution in [3.8, 4) is 22.4 Å². The summed E-state index contributed by atoms with van der Waals surface area (Å²) in [5.41, 5.74) is 3.77. The van der Waals surface area contributed by atoms with Crippen molar-refractivity contribution in [2.75, 3.05) is 6.54 Å². The zero-order valence-electron chi connectivity index (χ0n) is 18.9. The lowest BCUT2D eigenvalue weighted by Gasteiger charge is -2.15. The Morgan fingerprint density at radius 1 is 1.09 bits per heavy atom. The highest BCUT2D eigenvalue weighted by Crippen LogP contribution is 2.31. The van der Waals surface area contributed by atoms with Crippen LogP contribution in [0.15, 0.2) is 47.7 Å². The number of rotatable bonds is 5. The largest absolute Gasteiger partial charge is 0.356 e. The molecule has 0 spiro atoms. The minimum atomic E-state index is -0.200.